The van der Waals surface area contributed by atoms with Crippen molar-refractivity contribution in [1.82, 2.24) is 4.90 Å². The Kier molecular flexibility index (Phi) is 5.70. The number of aryl methyl sites for hydroxylation is 1. The number of halogens is 1. The third kappa shape index (κ3) is 3.55. The summed E-state index contributed by atoms with van der Waals surface area (Å²) in [5, 5.41) is 18.2. The second kappa shape index (κ2) is 8.44. The van der Waals surface area contributed by atoms with E-state index < -0.39 is 11.8 Å². The number of carbonyl (C=O) groups excluding carboxylic acids is 2. The zero-order valence-electron chi connectivity index (χ0n) is 17.1. The van der Waals surface area contributed by atoms with Crippen molar-refractivity contribution in [2.45, 2.75) is 19.8 Å². The first-order valence-corrected chi connectivity index (χ1v) is 10.8. The van der Waals surface area contributed by atoms with Crippen LogP contribution in [0.1, 0.15) is 45.2 Å². The van der Waals surface area contributed by atoms with Crippen molar-refractivity contribution in [1.29, 1.82) is 5.26 Å². The van der Waals surface area contributed by atoms with Crippen LogP contribution < -0.4 is 4.90 Å². The van der Waals surface area contributed by atoms with E-state index >= 15 is 0 Å². The number of anilines is 1. The second-order valence-corrected chi connectivity index (χ2v) is 8.12. The molecule has 2 amide bonds. The molecule has 2 aromatic rings. The number of amides is 2. The molecule has 8 heteroatoms. The number of carbonyl (C=O) groups is 2. The van der Waals surface area contributed by atoms with Crippen molar-refractivity contribution in [3.63, 3.8) is 0 Å². The van der Waals surface area contributed by atoms with Gasteiger partial charge in [-0.1, -0.05) is 6.08 Å². The first kappa shape index (κ1) is 20.9. The molecule has 0 spiro atoms. The molecule has 2 heterocycles. The number of azo groups is 1. The number of nitrogens with zero attached hydrogens (tertiary/aromatic N) is 5. The molecule has 4 rings (SSSR count). The van der Waals surface area contributed by atoms with Crippen LogP contribution in [0, 0.1) is 11.3 Å². The van der Waals surface area contributed by atoms with Crippen LogP contribution >= 0.6 is 15.9 Å². The highest BCUT2D eigenvalue weighted by atomic mass is 79.9. The molecule has 0 fully saturated rings. The highest BCUT2D eigenvalue weighted by molar-refractivity contribution is 9.10. The fourth-order valence-corrected chi connectivity index (χ4v) is 4.71. The summed E-state index contributed by atoms with van der Waals surface area (Å²) in [6.45, 7) is 7.60. The van der Waals surface area contributed by atoms with Crippen LogP contribution in [0.3, 0.4) is 0 Å². The molecule has 0 unspecified atom stereocenters. The predicted octanol–water partition coefficient (Wildman–Crippen LogP) is 5.29. The Balaban J connectivity index is 1.72. The van der Waals surface area contributed by atoms with E-state index in [2.05, 4.69) is 43.7 Å². The van der Waals surface area contributed by atoms with Gasteiger partial charge in [0.1, 0.15) is 11.8 Å². The Morgan fingerprint density at radius 1 is 1.26 bits per heavy atom. The van der Waals surface area contributed by atoms with E-state index in [1.165, 1.54) is 17.3 Å². The smallest absolute Gasteiger partial charge is 0.262 e. The van der Waals surface area contributed by atoms with Gasteiger partial charge in [0.2, 0.25) is 0 Å². The van der Waals surface area contributed by atoms with E-state index in [-0.39, 0.29) is 28.9 Å². The van der Waals surface area contributed by atoms with Crippen LogP contribution in [0.25, 0.3) is 0 Å². The van der Waals surface area contributed by atoms with E-state index in [1.54, 1.807) is 6.92 Å². The van der Waals surface area contributed by atoms with Crippen molar-refractivity contribution >= 4 is 44.8 Å². The van der Waals surface area contributed by atoms with Crippen LogP contribution in [0.2, 0.25) is 0 Å². The van der Waals surface area contributed by atoms with Gasteiger partial charge in [0, 0.05) is 25.3 Å². The van der Waals surface area contributed by atoms with Gasteiger partial charge in [-0.25, -0.2) is 0 Å². The molecule has 0 radical (unpaired) electrons. The summed E-state index contributed by atoms with van der Waals surface area (Å²) >= 11 is 3.39. The van der Waals surface area contributed by atoms with Crippen molar-refractivity contribution in [2.75, 3.05) is 24.5 Å². The minimum absolute atomic E-state index is 0.184. The van der Waals surface area contributed by atoms with Gasteiger partial charge in [0.25, 0.3) is 11.8 Å². The van der Waals surface area contributed by atoms with E-state index in [9.17, 15) is 14.9 Å². The van der Waals surface area contributed by atoms with Gasteiger partial charge in [-0.2, -0.15) is 10.4 Å². The summed E-state index contributed by atoms with van der Waals surface area (Å²) in [5.74, 6) is -0.798. The van der Waals surface area contributed by atoms with Crippen LogP contribution in [-0.4, -0.2) is 36.3 Å². The minimum Gasteiger partial charge on any atom is -0.368 e. The number of hydrogen-bond acceptors (Lipinski definition) is 6. The van der Waals surface area contributed by atoms with Crippen LogP contribution in [0.4, 0.5) is 17.1 Å². The molecular formula is C23H20BrN5O2. The van der Waals surface area contributed by atoms with Gasteiger partial charge in [0.05, 0.1) is 26.9 Å². The lowest BCUT2D eigenvalue weighted by Gasteiger charge is -2.30. The first-order valence-electron chi connectivity index (χ1n) is 10.0. The summed E-state index contributed by atoms with van der Waals surface area (Å²) in [6, 6.07) is 9.38. The Morgan fingerprint density at radius 2 is 2.06 bits per heavy atom. The number of fused-ring (bicyclic) bond motifs is 2. The largest absolute Gasteiger partial charge is 0.368 e. The van der Waals surface area contributed by atoms with E-state index in [0.717, 1.165) is 30.8 Å². The molecule has 156 valence electrons. The maximum absolute atomic E-state index is 12.6. The number of benzene rings is 2. The molecule has 2 aromatic carbocycles. The minimum atomic E-state index is -0.401. The fraction of sp³-hybridized carbons (Fsp3) is 0.261. The average Bonchev–Trinajstić information content (AvgIpc) is 3.02. The van der Waals surface area contributed by atoms with Crippen molar-refractivity contribution < 1.29 is 9.59 Å². The summed E-state index contributed by atoms with van der Waals surface area (Å²) in [5.41, 5.74) is 3.89. The highest BCUT2D eigenvalue weighted by Crippen LogP contribution is 2.40. The monoisotopic (exact) mass is 477 g/mol. The molecule has 31 heavy (non-hydrogen) atoms. The Bertz CT molecular complexity index is 1180. The summed E-state index contributed by atoms with van der Waals surface area (Å²) in [4.78, 5) is 28.5. The van der Waals surface area contributed by atoms with Gasteiger partial charge in [0.15, 0.2) is 0 Å². The number of rotatable bonds is 5. The number of imide groups is 1. The van der Waals surface area contributed by atoms with Crippen LogP contribution in [-0.2, 0) is 6.42 Å². The molecule has 0 bridgehead atoms. The van der Waals surface area contributed by atoms with Crippen LogP contribution in [0.5, 0.6) is 0 Å². The normalized spacial score (nSPS) is 15.3. The zero-order chi connectivity index (χ0) is 22.1. The zero-order valence-corrected chi connectivity index (χ0v) is 18.6. The first-order chi connectivity index (χ1) is 15.0. The van der Waals surface area contributed by atoms with Crippen molar-refractivity contribution in [2.24, 2.45) is 10.2 Å². The molecule has 0 saturated carbocycles. The lowest BCUT2D eigenvalue weighted by atomic mass is 10.0. The Hall–Kier alpha value is -3.31. The molecule has 0 atom stereocenters. The molecule has 2 aliphatic rings. The molecule has 0 aliphatic carbocycles. The maximum Gasteiger partial charge on any atom is 0.262 e. The summed E-state index contributed by atoms with van der Waals surface area (Å²) in [7, 11) is 0. The van der Waals surface area contributed by atoms with Gasteiger partial charge in [-0.05, 0) is 65.5 Å². The van der Waals surface area contributed by atoms with Crippen molar-refractivity contribution in [3.05, 3.63) is 63.6 Å². The third-order valence-corrected chi connectivity index (χ3v) is 6.28. The Morgan fingerprint density at radius 3 is 2.77 bits per heavy atom. The topological polar surface area (TPSA) is 89.1 Å². The van der Waals surface area contributed by atoms with Crippen molar-refractivity contribution in [3.8, 4) is 6.07 Å². The standard InChI is InChI=1S/C23H20BrN5O2/c1-3-9-28-10-5-6-14-11-16(7-8-18(14)28)26-27-21-15(13-25)12-17-19(20(21)24)23(31)29(4-2)22(17)30/h3,7-8,11-12H,1,4-6,9-10H2,2H3. The molecule has 2 aliphatic heterocycles. The lowest BCUT2D eigenvalue weighted by molar-refractivity contribution is 0.0662. The summed E-state index contributed by atoms with van der Waals surface area (Å²) < 4.78 is 0.315. The van der Waals surface area contributed by atoms with E-state index in [4.69, 9.17) is 0 Å². The maximum atomic E-state index is 12.6. The van der Waals surface area contributed by atoms with E-state index in [0.29, 0.717) is 10.2 Å². The average molecular weight is 478 g/mol. The number of hydrogen-bond donors (Lipinski definition) is 0. The van der Waals surface area contributed by atoms with E-state index in [1.807, 2.05) is 24.3 Å². The molecule has 7 nitrogen and oxygen atoms in total. The fourth-order valence-electron chi connectivity index (χ4n) is 4.04. The van der Waals surface area contributed by atoms with Gasteiger partial charge in [-0.15, -0.1) is 11.7 Å². The van der Waals surface area contributed by atoms with Gasteiger partial charge < -0.3 is 4.90 Å². The van der Waals surface area contributed by atoms with Gasteiger partial charge >= 0.3 is 0 Å². The molecule has 0 saturated heterocycles. The SMILES string of the molecule is C=CCN1CCCc2cc(N=Nc3c(C#N)cc4c(c3Br)C(=O)N(CC)C4=O)ccc21. The highest BCUT2D eigenvalue weighted by Gasteiger charge is 2.38. The lowest BCUT2D eigenvalue weighted by Crippen LogP contribution is -2.29. The predicted molar refractivity (Wildman–Crippen MR) is 121 cm³/mol. The third-order valence-electron chi connectivity index (χ3n) is 5.50. The van der Waals surface area contributed by atoms with Gasteiger partial charge in [-0.3, -0.25) is 14.5 Å². The Labute approximate surface area is 188 Å². The molecule has 0 N–H and O–H groups in total. The number of nitriles is 1. The quantitative estimate of drug-likeness (QED) is 0.332. The molecular weight excluding hydrogens is 458 g/mol. The van der Waals surface area contributed by atoms with Crippen LogP contribution in [0.15, 0.2) is 51.6 Å². The molecule has 0 aromatic heterocycles. The second-order valence-electron chi connectivity index (χ2n) is 7.33. The summed E-state index contributed by atoms with van der Waals surface area (Å²) in [6.07, 6.45) is 3.91.